The summed E-state index contributed by atoms with van der Waals surface area (Å²) in [5, 5.41) is 2.96. The predicted octanol–water partition coefficient (Wildman–Crippen LogP) is 3.68. The largest absolute Gasteiger partial charge is 0.497 e. The van der Waals surface area contributed by atoms with Gasteiger partial charge in [0.1, 0.15) is 17.6 Å². The minimum atomic E-state index is -0.0668. The highest BCUT2D eigenvalue weighted by atomic mass is 16.5. The molecule has 31 heavy (non-hydrogen) atoms. The number of nitrogens with two attached hydrogens (primary N) is 1. The number of nitrogens with zero attached hydrogens (tertiary/aromatic N) is 3. The lowest BCUT2D eigenvalue weighted by Gasteiger charge is -2.12. The fourth-order valence-corrected chi connectivity index (χ4v) is 4.31. The molecule has 7 nitrogen and oxygen atoms in total. The lowest BCUT2D eigenvalue weighted by molar-refractivity contribution is -0.115. The maximum Gasteiger partial charge on any atom is 0.228 e. The summed E-state index contributed by atoms with van der Waals surface area (Å²) in [7, 11) is 1.62. The molecule has 7 heteroatoms. The Balaban J connectivity index is 1.38. The van der Waals surface area contributed by atoms with Crippen molar-refractivity contribution in [3.05, 3.63) is 71.7 Å². The molecule has 0 bridgehead atoms. The summed E-state index contributed by atoms with van der Waals surface area (Å²) in [6.07, 6.45) is 4.95. The first-order valence-electron chi connectivity index (χ1n) is 10.3. The van der Waals surface area contributed by atoms with Crippen LogP contribution in [0.4, 0.5) is 11.5 Å². The molecule has 2 aromatic heterocycles. The van der Waals surface area contributed by atoms with Crippen LogP contribution in [0.15, 0.2) is 54.9 Å². The predicted molar refractivity (Wildman–Crippen MR) is 121 cm³/mol. The number of hydrogen-bond donors (Lipinski definition) is 2. The molecular weight excluding hydrogens is 390 g/mol. The van der Waals surface area contributed by atoms with Gasteiger partial charge in [0.15, 0.2) is 5.82 Å². The van der Waals surface area contributed by atoms with Gasteiger partial charge in [-0.25, -0.2) is 9.97 Å². The SMILES string of the molecule is COc1ccc(CC(=O)Nc2ccc(-n3c4c(c5ncnc(N)c53)CCC4)cc2)cc1. The van der Waals surface area contributed by atoms with Crippen molar-refractivity contribution >= 4 is 28.4 Å². The van der Waals surface area contributed by atoms with Gasteiger partial charge in [-0.05, 0) is 66.8 Å². The first-order valence-corrected chi connectivity index (χ1v) is 10.3. The van der Waals surface area contributed by atoms with Gasteiger partial charge in [0.25, 0.3) is 0 Å². The maximum atomic E-state index is 12.4. The van der Waals surface area contributed by atoms with E-state index >= 15 is 0 Å². The second kappa shape index (κ2) is 7.75. The Morgan fingerprint density at radius 1 is 1.10 bits per heavy atom. The standard InChI is InChI=1S/C24H23N5O2/c1-31-18-11-5-15(6-12-18)13-21(30)28-16-7-9-17(10-8-16)29-20-4-2-3-19(20)22-23(29)24(25)27-14-26-22/h5-12,14H,2-4,13H2,1H3,(H,28,30)(H2,25,26,27). The molecule has 0 radical (unpaired) electrons. The highest BCUT2D eigenvalue weighted by molar-refractivity contribution is 5.93. The second-order valence-corrected chi connectivity index (χ2v) is 7.69. The Hall–Kier alpha value is -3.87. The highest BCUT2D eigenvalue weighted by Gasteiger charge is 2.25. The fourth-order valence-electron chi connectivity index (χ4n) is 4.31. The van der Waals surface area contributed by atoms with E-state index in [4.69, 9.17) is 10.5 Å². The highest BCUT2D eigenvalue weighted by Crippen LogP contribution is 2.36. The van der Waals surface area contributed by atoms with E-state index in [2.05, 4.69) is 19.9 Å². The van der Waals surface area contributed by atoms with E-state index in [9.17, 15) is 4.79 Å². The minimum Gasteiger partial charge on any atom is -0.497 e. The number of carbonyl (C=O) groups is 1. The molecule has 2 heterocycles. The number of hydrogen-bond acceptors (Lipinski definition) is 5. The summed E-state index contributed by atoms with van der Waals surface area (Å²) in [6.45, 7) is 0. The van der Waals surface area contributed by atoms with Gasteiger partial charge in [-0.15, -0.1) is 0 Å². The molecule has 156 valence electrons. The first-order chi connectivity index (χ1) is 15.1. The van der Waals surface area contributed by atoms with Crippen LogP contribution in [0.3, 0.4) is 0 Å². The van der Waals surface area contributed by atoms with E-state index in [0.717, 1.165) is 53.0 Å². The zero-order valence-corrected chi connectivity index (χ0v) is 17.3. The van der Waals surface area contributed by atoms with Crippen molar-refractivity contribution < 1.29 is 9.53 Å². The zero-order chi connectivity index (χ0) is 21.4. The molecular formula is C24H23N5O2. The molecule has 1 amide bonds. The topological polar surface area (TPSA) is 95.1 Å². The first kappa shape index (κ1) is 19.1. The number of benzene rings is 2. The van der Waals surface area contributed by atoms with Crippen LogP contribution < -0.4 is 15.8 Å². The van der Waals surface area contributed by atoms with Crippen LogP contribution in [-0.2, 0) is 24.1 Å². The Kier molecular flexibility index (Phi) is 4.78. The maximum absolute atomic E-state index is 12.4. The third-order valence-corrected chi connectivity index (χ3v) is 5.75. The summed E-state index contributed by atoms with van der Waals surface area (Å²) >= 11 is 0. The molecule has 0 saturated heterocycles. The number of rotatable bonds is 5. The number of amides is 1. The summed E-state index contributed by atoms with van der Waals surface area (Å²) in [5.74, 6) is 1.19. The van der Waals surface area contributed by atoms with Crippen LogP contribution in [0, 0.1) is 0 Å². The third-order valence-electron chi connectivity index (χ3n) is 5.75. The Morgan fingerprint density at radius 2 is 1.87 bits per heavy atom. The number of fused-ring (bicyclic) bond motifs is 3. The van der Waals surface area contributed by atoms with Gasteiger partial charge in [-0.3, -0.25) is 4.79 Å². The van der Waals surface area contributed by atoms with E-state index in [-0.39, 0.29) is 5.91 Å². The number of nitrogens with one attached hydrogen (secondary N) is 1. The van der Waals surface area contributed by atoms with E-state index in [0.29, 0.717) is 12.2 Å². The number of aryl methyl sites for hydroxylation is 1. The smallest absolute Gasteiger partial charge is 0.228 e. The van der Waals surface area contributed by atoms with Gasteiger partial charge in [0.05, 0.1) is 19.0 Å². The van der Waals surface area contributed by atoms with Gasteiger partial charge in [-0.1, -0.05) is 12.1 Å². The van der Waals surface area contributed by atoms with E-state index in [1.807, 2.05) is 48.5 Å². The average Bonchev–Trinajstić information content (AvgIpc) is 3.37. The van der Waals surface area contributed by atoms with Crippen molar-refractivity contribution in [1.82, 2.24) is 14.5 Å². The van der Waals surface area contributed by atoms with E-state index < -0.39 is 0 Å². The molecule has 1 aliphatic rings. The van der Waals surface area contributed by atoms with Crippen molar-refractivity contribution in [3.63, 3.8) is 0 Å². The molecule has 5 rings (SSSR count). The van der Waals surface area contributed by atoms with E-state index in [1.54, 1.807) is 7.11 Å². The lowest BCUT2D eigenvalue weighted by Crippen LogP contribution is -2.14. The van der Waals surface area contributed by atoms with Crippen LogP contribution in [-0.4, -0.2) is 27.6 Å². The number of aromatic nitrogens is 3. The van der Waals surface area contributed by atoms with Crippen LogP contribution in [0.1, 0.15) is 23.2 Å². The van der Waals surface area contributed by atoms with Gasteiger partial charge in [0.2, 0.25) is 5.91 Å². The number of methoxy groups -OCH3 is 1. The van der Waals surface area contributed by atoms with Gasteiger partial charge >= 0.3 is 0 Å². The number of carbonyl (C=O) groups excluding carboxylic acids is 1. The Morgan fingerprint density at radius 3 is 2.61 bits per heavy atom. The summed E-state index contributed by atoms with van der Waals surface area (Å²) < 4.78 is 7.32. The van der Waals surface area contributed by atoms with Crippen molar-refractivity contribution in [2.45, 2.75) is 25.7 Å². The zero-order valence-electron chi connectivity index (χ0n) is 17.3. The van der Waals surface area contributed by atoms with Crippen molar-refractivity contribution in [1.29, 1.82) is 0 Å². The number of anilines is 2. The molecule has 0 atom stereocenters. The fraction of sp³-hybridized carbons (Fsp3) is 0.208. The quantitative estimate of drug-likeness (QED) is 0.520. The molecule has 3 N–H and O–H groups in total. The second-order valence-electron chi connectivity index (χ2n) is 7.69. The van der Waals surface area contributed by atoms with Gasteiger partial charge in [-0.2, -0.15) is 0 Å². The lowest BCUT2D eigenvalue weighted by atomic mass is 10.1. The van der Waals surface area contributed by atoms with Crippen molar-refractivity contribution in [2.24, 2.45) is 0 Å². The molecule has 0 unspecified atom stereocenters. The van der Waals surface area contributed by atoms with Crippen LogP contribution in [0.5, 0.6) is 5.75 Å². The van der Waals surface area contributed by atoms with Gasteiger partial charge < -0.3 is 20.4 Å². The summed E-state index contributed by atoms with van der Waals surface area (Å²) in [4.78, 5) is 21.1. The monoisotopic (exact) mass is 413 g/mol. The minimum absolute atomic E-state index is 0.0668. The van der Waals surface area contributed by atoms with Crippen molar-refractivity contribution in [3.8, 4) is 11.4 Å². The van der Waals surface area contributed by atoms with Crippen molar-refractivity contribution in [2.75, 3.05) is 18.2 Å². The average molecular weight is 413 g/mol. The molecule has 0 saturated carbocycles. The summed E-state index contributed by atoms with van der Waals surface area (Å²) in [6, 6.07) is 15.3. The Bertz CT molecular complexity index is 1260. The molecule has 2 aromatic carbocycles. The summed E-state index contributed by atoms with van der Waals surface area (Å²) in [5.41, 5.74) is 13.2. The normalized spacial score (nSPS) is 12.7. The number of ether oxygens (including phenoxy) is 1. The van der Waals surface area contributed by atoms with Gasteiger partial charge in [0, 0.05) is 17.1 Å². The third kappa shape index (κ3) is 3.48. The molecule has 0 aliphatic heterocycles. The van der Waals surface area contributed by atoms with Crippen LogP contribution >= 0.6 is 0 Å². The van der Waals surface area contributed by atoms with E-state index in [1.165, 1.54) is 17.6 Å². The number of nitrogen functional groups attached to an aromatic ring is 1. The molecule has 1 aliphatic carbocycles. The molecule has 0 spiro atoms. The Labute approximate surface area is 179 Å². The molecule has 4 aromatic rings. The molecule has 0 fully saturated rings. The van der Waals surface area contributed by atoms with Crippen LogP contribution in [0.2, 0.25) is 0 Å². The van der Waals surface area contributed by atoms with Crippen LogP contribution in [0.25, 0.3) is 16.7 Å².